The third-order valence-corrected chi connectivity index (χ3v) is 3.21. The molecule has 1 aromatic heterocycles. The summed E-state index contributed by atoms with van der Waals surface area (Å²) in [5, 5.41) is 1.77. The number of amides is 1. The van der Waals surface area contributed by atoms with E-state index >= 15 is 0 Å². The van der Waals surface area contributed by atoms with Crippen molar-refractivity contribution in [3.8, 4) is 0 Å². The van der Waals surface area contributed by atoms with Crippen LogP contribution in [0, 0.1) is 5.92 Å². The van der Waals surface area contributed by atoms with Gasteiger partial charge in [-0.2, -0.15) is 0 Å². The molecule has 1 saturated carbocycles. The summed E-state index contributed by atoms with van der Waals surface area (Å²) < 4.78 is 5.48. The van der Waals surface area contributed by atoms with Gasteiger partial charge in [0.1, 0.15) is 5.69 Å². The fourth-order valence-corrected chi connectivity index (χ4v) is 1.88. The molecule has 88 valence electrons. The second-order valence-corrected chi connectivity index (χ2v) is 4.84. The van der Waals surface area contributed by atoms with Crippen molar-refractivity contribution in [1.82, 2.24) is 9.88 Å². The zero-order valence-electron chi connectivity index (χ0n) is 9.39. The molecule has 0 atom stereocenters. The van der Waals surface area contributed by atoms with Crippen LogP contribution < -0.4 is 0 Å². The molecule has 0 bridgehead atoms. The van der Waals surface area contributed by atoms with E-state index in [0.29, 0.717) is 18.8 Å². The number of carbonyl (C=O) groups is 1. The maximum Gasteiger partial charge on any atom is 0.273 e. The molecular formula is C11H16N2O2S. The summed E-state index contributed by atoms with van der Waals surface area (Å²) in [6, 6.07) is 0. The molecule has 1 aliphatic rings. The van der Waals surface area contributed by atoms with E-state index in [0.717, 1.165) is 12.5 Å². The van der Waals surface area contributed by atoms with Gasteiger partial charge < -0.3 is 9.64 Å². The van der Waals surface area contributed by atoms with Crippen LogP contribution in [0.3, 0.4) is 0 Å². The van der Waals surface area contributed by atoms with Crippen molar-refractivity contribution in [3.63, 3.8) is 0 Å². The second kappa shape index (κ2) is 5.41. The average Bonchev–Trinajstić information content (AvgIpc) is 2.95. The van der Waals surface area contributed by atoms with Gasteiger partial charge in [0.25, 0.3) is 5.91 Å². The number of hydrogen-bond acceptors (Lipinski definition) is 4. The molecule has 1 fully saturated rings. The minimum absolute atomic E-state index is 0.0312. The smallest absolute Gasteiger partial charge is 0.273 e. The van der Waals surface area contributed by atoms with Crippen LogP contribution in [0.15, 0.2) is 10.9 Å². The number of likely N-dealkylation sites (N-methyl/N-ethyl adjacent to an activating group) is 1. The molecule has 0 aromatic carbocycles. The Morgan fingerprint density at radius 2 is 2.50 bits per heavy atom. The highest BCUT2D eigenvalue weighted by molar-refractivity contribution is 7.07. The van der Waals surface area contributed by atoms with Gasteiger partial charge in [-0.25, -0.2) is 4.98 Å². The SMILES string of the molecule is CN(CCOCC1CC1)C(=O)c1cscn1. The van der Waals surface area contributed by atoms with Crippen LogP contribution in [-0.4, -0.2) is 42.6 Å². The normalized spacial score (nSPS) is 15.1. The van der Waals surface area contributed by atoms with Gasteiger partial charge in [-0.1, -0.05) is 0 Å². The van der Waals surface area contributed by atoms with Gasteiger partial charge in [-0.3, -0.25) is 4.79 Å². The van der Waals surface area contributed by atoms with E-state index in [2.05, 4.69) is 4.98 Å². The molecule has 5 heteroatoms. The van der Waals surface area contributed by atoms with Gasteiger partial charge in [-0.15, -0.1) is 11.3 Å². The first-order valence-corrected chi connectivity index (χ1v) is 6.43. The van der Waals surface area contributed by atoms with E-state index in [4.69, 9.17) is 4.74 Å². The predicted molar refractivity (Wildman–Crippen MR) is 62.6 cm³/mol. The lowest BCUT2D eigenvalue weighted by atomic mass is 10.4. The van der Waals surface area contributed by atoms with Crippen molar-refractivity contribution < 1.29 is 9.53 Å². The zero-order chi connectivity index (χ0) is 11.4. The first-order chi connectivity index (χ1) is 7.77. The number of aromatic nitrogens is 1. The number of rotatable bonds is 6. The van der Waals surface area contributed by atoms with E-state index in [1.165, 1.54) is 24.2 Å². The molecular weight excluding hydrogens is 224 g/mol. The number of ether oxygens (including phenoxy) is 1. The number of thiazole rings is 1. The largest absolute Gasteiger partial charge is 0.379 e. The third kappa shape index (κ3) is 3.28. The lowest BCUT2D eigenvalue weighted by molar-refractivity contribution is 0.0677. The van der Waals surface area contributed by atoms with Crippen molar-refractivity contribution in [2.45, 2.75) is 12.8 Å². The minimum Gasteiger partial charge on any atom is -0.379 e. The summed E-state index contributed by atoms with van der Waals surface area (Å²) in [7, 11) is 1.78. The van der Waals surface area contributed by atoms with E-state index in [1.54, 1.807) is 22.8 Å². The highest BCUT2D eigenvalue weighted by Crippen LogP contribution is 2.28. The molecule has 4 nitrogen and oxygen atoms in total. The molecule has 1 aliphatic carbocycles. The van der Waals surface area contributed by atoms with Gasteiger partial charge in [0.05, 0.1) is 12.1 Å². The summed E-state index contributed by atoms with van der Waals surface area (Å²) >= 11 is 1.44. The van der Waals surface area contributed by atoms with Gasteiger partial charge >= 0.3 is 0 Å². The van der Waals surface area contributed by atoms with Crippen LogP contribution in [0.2, 0.25) is 0 Å². The maximum absolute atomic E-state index is 11.8. The minimum atomic E-state index is -0.0312. The summed E-state index contributed by atoms with van der Waals surface area (Å²) in [5.74, 6) is 0.746. The predicted octanol–water partition coefficient (Wildman–Crippen LogP) is 1.64. The van der Waals surface area contributed by atoms with E-state index in [-0.39, 0.29) is 5.91 Å². The maximum atomic E-state index is 11.8. The Balaban J connectivity index is 1.66. The fraction of sp³-hybridized carbons (Fsp3) is 0.636. The van der Waals surface area contributed by atoms with Gasteiger partial charge in [0.15, 0.2) is 0 Å². The molecule has 16 heavy (non-hydrogen) atoms. The Morgan fingerprint density at radius 3 is 3.12 bits per heavy atom. The third-order valence-electron chi connectivity index (χ3n) is 2.62. The number of hydrogen-bond donors (Lipinski definition) is 0. The first-order valence-electron chi connectivity index (χ1n) is 5.49. The second-order valence-electron chi connectivity index (χ2n) is 4.12. The quantitative estimate of drug-likeness (QED) is 0.710. The van der Waals surface area contributed by atoms with Gasteiger partial charge in [0.2, 0.25) is 0 Å². The summed E-state index contributed by atoms with van der Waals surface area (Å²) in [6.45, 7) is 2.09. The van der Waals surface area contributed by atoms with Crippen LogP contribution in [-0.2, 0) is 4.74 Å². The Bertz CT molecular complexity index is 336. The zero-order valence-corrected chi connectivity index (χ0v) is 10.2. The van der Waals surface area contributed by atoms with Crippen LogP contribution in [0.5, 0.6) is 0 Å². The van der Waals surface area contributed by atoms with Crippen molar-refractivity contribution in [2.24, 2.45) is 5.92 Å². The van der Waals surface area contributed by atoms with Crippen LogP contribution in [0.25, 0.3) is 0 Å². The van der Waals surface area contributed by atoms with Crippen molar-refractivity contribution in [3.05, 3.63) is 16.6 Å². The van der Waals surface area contributed by atoms with Crippen molar-refractivity contribution in [1.29, 1.82) is 0 Å². The molecule has 0 aliphatic heterocycles. The highest BCUT2D eigenvalue weighted by Gasteiger charge is 2.21. The Hall–Kier alpha value is -0.940. The lowest BCUT2D eigenvalue weighted by Crippen LogP contribution is -2.30. The van der Waals surface area contributed by atoms with Crippen LogP contribution in [0.1, 0.15) is 23.3 Å². The Morgan fingerprint density at radius 1 is 1.69 bits per heavy atom. The van der Waals surface area contributed by atoms with E-state index in [1.807, 2.05) is 0 Å². The molecule has 0 unspecified atom stereocenters. The standard InChI is InChI=1S/C11H16N2O2S/c1-13(4-5-15-6-9-2-3-9)11(14)10-7-16-8-12-10/h7-9H,2-6H2,1H3. The Kier molecular flexibility index (Phi) is 3.90. The monoisotopic (exact) mass is 240 g/mol. The number of nitrogens with zero attached hydrogens (tertiary/aromatic N) is 2. The van der Waals surface area contributed by atoms with E-state index < -0.39 is 0 Å². The lowest BCUT2D eigenvalue weighted by Gasteiger charge is -2.15. The molecule has 2 rings (SSSR count). The van der Waals surface area contributed by atoms with E-state index in [9.17, 15) is 4.79 Å². The van der Waals surface area contributed by atoms with Gasteiger partial charge in [0, 0.05) is 25.6 Å². The first kappa shape index (κ1) is 11.5. The molecule has 0 radical (unpaired) electrons. The number of carbonyl (C=O) groups excluding carboxylic acids is 1. The molecule has 1 heterocycles. The van der Waals surface area contributed by atoms with Crippen molar-refractivity contribution in [2.75, 3.05) is 26.8 Å². The molecule has 0 saturated heterocycles. The van der Waals surface area contributed by atoms with Crippen molar-refractivity contribution >= 4 is 17.2 Å². The average molecular weight is 240 g/mol. The van der Waals surface area contributed by atoms with Crippen LogP contribution >= 0.6 is 11.3 Å². The highest BCUT2D eigenvalue weighted by atomic mass is 32.1. The summed E-state index contributed by atoms with van der Waals surface area (Å²) in [6.07, 6.45) is 2.60. The van der Waals surface area contributed by atoms with Gasteiger partial charge in [-0.05, 0) is 18.8 Å². The topological polar surface area (TPSA) is 42.4 Å². The van der Waals surface area contributed by atoms with Crippen LogP contribution in [0.4, 0.5) is 0 Å². The summed E-state index contributed by atoms with van der Waals surface area (Å²) in [5.41, 5.74) is 2.19. The summed E-state index contributed by atoms with van der Waals surface area (Å²) in [4.78, 5) is 17.4. The molecule has 0 N–H and O–H groups in total. The fourth-order valence-electron chi connectivity index (χ4n) is 1.35. The molecule has 1 aromatic rings. The molecule has 1 amide bonds. The Labute approximate surface area is 99.2 Å². The molecule has 0 spiro atoms.